The normalized spacial score (nSPS) is 17.7. The number of nitrogens with one attached hydrogen (secondary N) is 1. The standard InChI is InChI=1S/C26H33N3O2/c30-26(28-17-13-21-6-2-1-3-7-21)22-9-11-24(12-10-22)31-25-14-18-29(19-15-25)20-23-8-4-5-16-27-23/h4-6,8-12,16,25H,1-3,7,13-15,17-20H2,(H,28,30). The summed E-state index contributed by atoms with van der Waals surface area (Å²) >= 11 is 0. The van der Waals surface area contributed by atoms with Crippen molar-refractivity contribution in [1.29, 1.82) is 0 Å². The van der Waals surface area contributed by atoms with Crippen molar-refractivity contribution in [2.24, 2.45) is 0 Å². The van der Waals surface area contributed by atoms with Gasteiger partial charge in [0.15, 0.2) is 0 Å². The molecular weight excluding hydrogens is 386 g/mol. The fourth-order valence-corrected chi connectivity index (χ4v) is 4.35. The van der Waals surface area contributed by atoms with Gasteiger partial charge in [0.2, 0.25) is 0 Å². The Balaban J connectivity index is 1.18. The Hall–Kier alpha value is -2.66. The third-order valence-corrected chi connectivity index (χ3v) is 6.18. The number of likely N-dealkylation sites (tertiary alicyclic amines) is 1. The molecule has 1 N–H and O–H groups in total. The van der Waals surface area contributed by atoms with Gasteiger partial charge in [-0.2, -0.15) is 0 Å². The van der Waals surface area contributed by atoms with Crippen LogP contribution in [0.15, 0.2) is 60.3 Å². The summed E-state index contributed by atoms with van der Waals surface area (Å²) in [5.41, 5.74) is 3.29. The van der Waals surface area contributed by atoms with Gasteiger partial charge in [-0.25, -0.2) is 0 Å². The van der Waals surface area contributed by atoms with Gasteiger partial charge in [0.25, 0.3) is 5.91 Å². The lowest BCUT2D eigenvalue weighted by molar-refractivity contribution is 0.0949. The van der Waals surface area contributed by atoms with Crippen molar-refractivity contribution in [3.05, 3.63) is 71.6 Å². The minimum Gasteiger partial charge on any atom is -0.490 e. The number of carbonyl (C=O) groups is 1. The van der Waals surface area contributed by atoms with Crippen molar-refractivity contribution in [3.8, 4) is 5.75 Å². The van der Waals surface area contributed by atoms with Crippen LogP contribution in [-0.4, -0.2) is 41.5 Å². The predicted molar refractivity (Wildman–Crippen MR) is 123 cm³/mol. The summed E-state index contributed by atoms with van der Waals surface area (Å²) in [4.78, 5) is 19.2. The van der Waals surface area contributed by atoms with E-state index in [4.69, 9.17) is 4.74 Å². The van der Waals surface area contributed by atoms with Crippen LogP contribution in [0.25, 0.3) is 0 Å². The first-order chi connectivity index (χ1) is 15.3. The van der Waals surface area contributed by atoms with E-state index in [1.54, 1.807) is 0 Å². The maximum atomic E-state index is 12.4. The smallest absolute Gasteiger partial charge is 0.251 e. The number of hydrogen-bond donors (Lipinski definition) is 1. The van der Waals surface area contributed by atoms with Crippen LogP contribution in [0, 0.1) is 0 Å². The lowest BCUT2D eigenvalue weighted by Crippen LogP contribution is -2.37. The zero-order chi connectivity index (χ0) is 21.3. The number of pyridine rings is 1. The number of ether oxygens (including phenoxy) is 1. The highest BCUT2D eigenvalue weighted by molar-refractivity contribution is 5.94. The number of carbonyl (C=O) groups excluding carboxylic acids is 1. The number of nitrogens with zero attached hydrogens (tertiary/aromatic N) is 2. The predicted octanol–water partition coefficient (Wildman–Crippen LogP) is 4.75. The minimum absolute atomic E-state index is 0.00853. The van der Waals surface area contributed by atoms with E-state index in [1.165, 1.54) is 31.3 Å². The number of aromatic nitrogens is 1. The second-order valence-corrected chi connectivity index (χ2v) is 8.55. The summed E-state index contributed by atoms with van der Waals surface area (Å²) in [6.07, 6.45) is 12.3. The quantitative estimate of drug-likeness (QED) is 0.628. The second-order valence-electron chi connectivity index (χ2n) is 8.55. The van der Waals surface area contributed by atoms with E-state index in [1.807, 2.05) is 42.6 Å². The third-order valence-electron chi connectivity index (χ3n) is 6.18. The first-order valence-corrected chi connectivity index (χ1v) is 11.6. The topological polar surface area (TPSA) is 54.5 Å². The number of hydrogen-bond acceptors (Lipinski definition) is 4. The molecule has 0 bridgehead atoms. The average molecular weight is 420 g/mol. The zero-order valence-corrected chi connectivity index (χ0v) is 18.3. The van der Waals surface area contributed by atoms with Crippen LogP contribution in [-0.2, 0) is 6.54 Å². The van der Waals surface area contributed by atoms with Gasteiger partial charge in [0, 0.05) is 37.9 Å². The number of benzene rings is 1. The maximum Gasteiger partial charge on any atom is 0.251 e. The van der Waals surface area contributed by atoms with Gasteiger partial charge >= 0.3 is 0 Å². The average Bonchev–Trinajstić information content (AvgIpc) is 2.82. The summed E-state index contributed by atoms with van der Waals surface area (Å²) in [7, 11) is 0. The van der Waals surface area contributed by atoms with Gasteiger partial charge < -0.3 is 10.1 Å². The molecule has 1 aliphatic heterocycles. The molecule has 0 radical (unpaired) electrons. The van der Waals surface area contributed by atoms with E-state index in [0.29, 0.717) is 12.1 Å². The Labute approximate surface area is 185 Å². The van der Waals surface area contributed by atoms with Crippen molar-refractivity contribution in [2.45, 2.75) is 57.6 Å². The monoisotopic (exact) mass is 419 g/mol. The summed E-state index contributed by atoms with van der Waals surface area (Å²) in [6.45, 7) is 3.63. The van der Waals surface area contributed by atoms with Gasteiger partial charge in [-0.3, -0.25) is 14.7 Å². The molecule has 5 heteroatoms. The van der Waals surface area contributed by atoms with Gasteiger partial charge in [-0.05, 0) is 81.3 Å². The molecule has 2 aromatic rings. The van der Waals surface area contributed by atoms with E-state index in [9.17, 15) is 4.79 Å². The van der Waals surface area contributed by atoms with Crippen molar-refractivity contribution in [2.75, 3.05) is 19.6 Å². The summed E-state index contributed by atoms with van der Waals surface area (Å²) < 4.78 is 6.17. The Bertz CT molecular complexity index is 856. The lowest BCUT2D eigenvalue weighted by Gasteiger charge is -2.31. The number of piperidine rings is 1. The lowest BCUT2D eigenvalue weighted by atomic mass is 9.97. The van der Waals surface area contributed by atoms with Crippen LogP contribution in [0.4, 0.5) is 0 Å². The summed E-state index contributed by atoms with van der Waals surface area (Å²) in [5, 5.41) is 3.04. The molecule has 4 rings (SSSR count). The van der Waals surface area contributed by atoms with E-state index in [0.717, 1.165) is 50.3 Å². The van der Waals surface area contributed by atoms with E-state index < -0.39 is 0 Å². The van der Waals surface area contributed by atoms with Crippen LogP contribution < -0.4 is 10.1 Å². The first-order valence-electron chi connectivity index (χ1n) is 11.6. The Morgan fingerprint density at radius 1 is 1.10 bits per heavy atom. The van der Waals surface area contributed by atoms with Crippen molar-refractivity contribution >= 4 is 5.91 Å². The molecule has 1 aromatic heterocycles. The highest BCUT2D eigenvalue weighted by Crippen LogP contribution is 2.21. The maximum absolute atomic E-state index is 12.4. The minimum atomic E-state index is -0.00853. The molecule has 5 nitrogen and oxygen atoms in total. The van der Waals surface area contributed by atoms with Gasteiger partial charge in [0.05, 0.1) is 5.69 Å². The number of allylic oxidation sites excluding steroid dienone is 1. The Morgan fingerprint density at radius 2 is 1.94 bits per heavy atom. The van der Waals surface area contributed by atoms with Crippen LogP contribution in [0.5, 0.6) is 5.75 Å². The molecule has 2 aliphatic rings. The van der Waals surface area contributed by atoms with Gasteiger partial charge in [0.1, 0.15) is 11.9 Å². The highest BCUT2D eigenvalue weighted by Gasteiger charge is 2.21. The zero-order valence-electron chi connectivity index (χ0n) is 18.3. The summed E-state index contributed by atoms with van der Waals surface area (Å²) in [5.74, 6) is 0.831. The van der Waals surface area contributed by atoms with E-state index in [-0.39, 0.29) is 12.0 Å². The molecule has 1 amide bonds. The second kappa shape index (κ2) is 11.1. The molecule has 1 aliphatic carbocycles. The summed E-state index contributed by atoms with van der Waals surface area (Å²) in [6, 6.07) is 13.6. The fourth-order valence-electron chi connectivity index (χ4n) is 4.35. The van der Waals surface area contributed by atoms with Crippen LogP contribution >= 0.6 is 0 Å². The molecule has 2 heterocycles. The van der Waals surface area contributed by atoms with Crippen molar-refractivity contribution in [1.82, 2.24) is 15.2 Å². The Morgan fingerprint density at radius 3 is 2.65 bits per heavy atom. The van der Waals surface area contributed by atoms with E-state index >= 15 is 0 Å². The van der Waals surface area contributed by atoms with Gasteiger partial charge in [-0.15, -0.1) is 0 Å². The largest absolute Gasteiger partial charge is 0.490 e. The van der Waals surface area contributed by atoms with Crippen molar-refractivity contribution < 1.29 is 9.53 Å². The molecule has 1 aromatic carbocycles. The van der Waals surface area contributed by atoms with Crippen LogP contribution in [0.3, 0.4) is 0 Å². The molecular formula is C26H33N3O2. The van der Waals surface area contributed by atoms with Gasteiger partial charge in [-0.1, -0.05) is 17.7 Å². The SMILES string of the molecule is O=C(NCCC1=CCCCC1)c1ccc(OC2CCN(Cc3ccccn3)CC2)cc1. The molecule has 0 unspecified atom stereocenters. The molecule has 1 fully saturated rings. The molecule has 164 valence electrons. The molecule has 0 atom stereocenters. The van der Waals surface area contributed by atoms with Crippen LogP contribution in [0.2, 0.25) is 0 Å². The number of amides is 1. The fraction of sp³-hybridized carbons (Fsp3) is 0.462. The molecule has 31 heavy (non-hydrogen) atoms. The number of rotatable bonds is 8. The third kappa shape index (κ3) is 6.66. The molecule has 0 saturated carbocycles. The Kier molecular flexibility index (Phi) is 7.72. The highest BCUT2D eigenvalue weighted by atomic mass is 16.5. The van der Waals surface area contributed by atoms with E-state index in [2.05, 4.69) is 27.3 Å². The van der Waals surface area contributed by atoms with Crippen molar-refractivity contribution in [3.63, 3.8) is 0 Å². The molecule has 0 spiro atoms. The first kappa shape index (κ1) is 21.6. The van der Waals surface area contributed by atoms with Crippen LogP contribution in [0.1, 0.15) is 61.0 Å². The molecule has 1 saturated heterocycles.